The Bertz CT molecular complexity index is 2340. The third-order valence-electron chi connectivity index (χ3n) is 9.76. The van der Waals surface area contributed by atoms with Gasteiger partial charge in [0.2, 0.25) is 0 Å². The summed E-state index contributed by atoms with van der Waals surface area (Å²) in [6.45, 7) is 10.1. The van der Waals surface area contributed by atoms with Crippen molar-refractivity contribution < 1.29 is 0 Å². The van der Waals surface area contributed by atoms with Gasteiger partial charge in [-0.15, -0.1) is 0 Å². The fourth-order valence-corrected chi connectivity index (χ4v) is 7.08. The monoisotopic (exact) mass is 687 g/mol. The largest absolute Gasteiger partial charge is 0.402 e. The van der Waals surface area contributed by atoms with E-state index in [9.17, 15) is 0 Å². The molecule has 0 bridgehead atoms. The van der Waals surface area contributed by atoms with Gasteiger partial charge in [0.05, 0.1) is 0 Å². The van der Waals surface area contributed by atoms with Gasteiger partial charge in [0, 0.05) is 11.3 Å². The van der Waals surface area contributed by atoms with Crippen LogP contribution in [0.15, 0.2) is 176 Å². The van der Waals surface area contributed by atoms with Gasteiger partial charge in [0.25, 0.3) is 0 Å². The Morgan fingerprint density at radius 1 is 0.736 bits per heavy atom. The summed E-state index contributed by atoms with van der Waals surface area (Å²) in [6, 6.07) is 34.7. The molecular weight excluding hydrogens is 639 g/mol. The zero-order chi connectivity index (χ0) is 37.0. The number of allylic oxidation sites excluding steroid dienone is 13. The highest BCUT2D eigenvalue weighted by Gasteiger charge is 2.20. The van der Waals surface area contributed by atoms with Crippen LogP contribution in [0.1, 0.15) is 67.0 Å². The van der Waals surface area contributed by atoms with Crippen LogP contribution in [0.2, 0.25) is 0 Å². The molecule has 2 N–H and O–H groups in total. The van der Waals surface area contributed by atoms with E-state index in [-0.39, 0.29) is 0 Å². The minimum atomic E-state index is 0.779. The first-order valence-electron chi connectivity index (χ1n) is 18.7. The Morgan fingerprint density at radius 2 is 1.45 bits per heavy atom. The molecule has 0 saturated heterocycles. The molecule has 0 saturated carbocycles. The smallest absolute Gasteiger partial charge is 0.0129 e. The van der Waals surface area contributed by atoms with Crippen molar-refractivity contribution in [3.63, 3.8) is 0 Å². The van der Waals surface area contributed by atoms with E-state index in [4.69, 9.17) is 5.73 Å². The molecule has 5 aromatic carbocycles. The molecule has 0 radical (unpaired) electrons. The molecule has 1 heteroatoms. The van der Waals surface area contributed by atoms with Crippen LogP contribution in [0.3, 0.4) is 0 Å². The molecule has 1 nitrogen and oxygen atoms in total. The van der Waals surface area contributed by atoms with Gasteiger partial charge in [0.15, 0.2) is 0 Å². The zero-order valence-electron chi connectivity index (χ0n) is 31.2. The maximum atomic E-state index is 6.58. The van der Waals surface area contributed by atoms with Gasteiger partial charge >= 0.3 is 0 Å². The molecule has 6 rings (SSSR count). The SMILES string of the molecule is C=Cc1ccccc1C=CC/C=C\C(C=C/C(=C(/C)N)c1ccccc1-c1ccc(-c2c3c(c(C=C/C=C\CC)c4ccccc24)CC=C3)cc1)=C\C. The molecular formula is C52H49N. The summed E-state index contributed by atoms with van der Waals surface area (Å²) in [4.78, 5) is 0. The van der Waals surface area contributed by atoms with Crippen LogP contribution in [0, 0.1) is 0 Å². The molecule has 0 spiro atoms. The molecule has 0 aromatic heterocycles. The van der Waals surface area contributed by atoms with E-state index < -0.39 is 0 Å². The first-order valence-corrected chi connectivity index (χ1v) is 18.7. The average Bonchev–Trinajstić information content (AvgIpc) is 3.68. The third kappa shape index (κ3) is 8.49. The number of hydrogen-bond acceptors (Lipinski definition) is 1. The minimum Gasteiger partial charge on any atom is -0.402 e. The lowest BCUT2D eigenvalue weighted by Crippen LogP contribution is -1.98. The quantitative estimate of drug-likeness (QED) is 0.123. The second-order valence-electron chi connectivity index (χ2n) is 13.2. The molecule has 0 atom stereocenters. The van der Waals surface area contributed by atoms with Crippen molar-refractivity contribution in [2.45, 2.75) is 40.0 Å². The summed E-state index contributed by atoms with van der Waals surface area (Å²) in [6.07, 6.45) is 33.2. The summed E-state index contributed by atoms with van der Waals surface area (Å²) in [5.74, 6) is 0. The van der Waals surface area contributed by atoms with Crippen LogP contribution in [-0.2, 0) is 6.42 Å². The summed E-state index contributed by atoms with van der Waals surface area (Å²) in [7, 11) is 0. The number of benzene rings is 5. The highest BCUT2D eigenvalue weighted by molar-refractivity contribution is 6.07. The Morgan fingerprint density at radius 3 is 2.21 bits per heavy atom. The lowest BCUT2D eigenvalue weighted by atomic mass is 9.86. The van der Waals surface area contributed by atoms with Crippen LogP contribution in [0.25, 0.3) is 62.9 Å². The molecule has 5 aromatic rings. The number of hydrogen-bond donors (Lipinski definition) is 1. The minimum absolute atomic E-state index is 0.779. The first-order chi connectivity index (χ1) is 26.0. The van der Waals surface area contributed by atoms with Crippen molar-refractivity contribution >= 4 is 40.6 Å². The first kappa shape index (κ1) is 36.6. The molecule has 1 aliphatic carbocycles. The second kappa shape index (κ2) is 17.8. The van der Waals surface area contributed by atoms with Crippen LogP contribution in [0.5, 0.6) is 0 Å². The highest BCUT2D eigenvalue weighted by atomic mass is 14.6. The van der Waals surface area contributed by atoms with Gasteiger partial charge in [-0.1, -0.05) is 196 Å². The van der Waals surface area contributed by atoms with Crippen molar-refractivity contribution in [1.29, 1.82) is 0 Å². The van der Waals surface area contributed by atoms with E-state index in [0.717, 1.165) is 58.4 Å². The van der Waals surface area contributed by atoms with E-state index in [1.807, 2.05) is 19.1 Å². The highest BCUT2D eigenvalue weighted by Crippen LogP contribution is 2.42. The van der Waals surface area contributed by atoms with Crippen molar-refractivity contribution in [1.82, 2.24) is 0 Å². The van der Waals surface area contributed by atoms with Crippen LogP contribution >= 0.6 is 0 Å². The lowest BCUT2D eigenvalue weighted by molar-refractivity contribution is 1.22. The molecule has 53 heavy (non-hydrogen) atoms. The van der Waals surface area contributed by atoms with Crippen LogP contribution in [-0.4, -0.2) is 0 Å². The van der Waals surface area contributed by atoms with Crippen molar-refractivity contribution in [2.24, 2.45) is 5.73 Å². The fourth-order valence-electron chi connectivity index (χ4n) is 7.08. The van der Waals surface area contributed by atoms with E-state index >= 15 is 0 Å². The predicted molar refractivity (Wildman–Crippen MR) is 235 cm³/mol. The van der Waals surface area contributed by atoms with E-state index in [1.165, 1.54) is 44.2 Å². The summed E-state index contributed by atoms with van der Waals surface area (Å²) in [5.41, 5.74) is 21.8. The van der Waals surface area contributed by atoms with Gasteiger partial charge in [-0.05, 0) is 105 Å². The van der Waals surface area contributed by atoms with Gasteiger partial charge in [-0.2, -0.15) is 0 Å². The number of rotatable bonds is 13. The maximum absolute atomic E-state index is 6.58. The maximum Gasteiger partial charge on any atom is 0.0129 e. The molecule has 0 amide bonds. The lowest BCUT2D eigenvalue weighted by Gasteiger charge is -2.18. The standard InChI is InChI=1S/C52H49N/c1-5-8-9-13-26-47-48-28-18-19-29-50(48)52(51-31-20-30-49(47)51)43-35-33-42(34-36-43)45-25-16-17-27-46(45)44(38(4)53)37-32-39(6-2)21-11-10-12-23-41-24-15-14-22-40(41)7-3/h6-9,11-29,31-37H,3,5,10,30,53H2,1-2,4H3/b9-8-,21-11-,23-12?,26-13?,37-32?,39-6-,44-38+. The zero-order valence-corrected chi connectivity index (χ0v) is 31.2. The summed E-state index contributed by atoms with van der Waals surface area (Å²) in [5, 5.41) is 2.57. The van der Waals surface area contributed by atoms with E-state index in [0.29, 0.717) is 0 Å². The van der Waals surface area contributed by atoms with Crippen LogP contribution < -0.4 is 5.73 Å². The Kier molecular flexibility index (Phi) is 12.3. The van der Waals surface area contributed by atoms with Crippen molar-refractivity contribution in [3.8, 4) is 22.3 Å². The van der Waals surface area contributed by atoms with Crippen molar-refractivity contribution in [2.75, 3.05) is 0 Å². The number of fused-ring (bicyclic) bond motifs is 2. The molecule has 0 unspecified atom stereocenters. The molecule has 262 valence electrons. The normalized spacial score (nSPS) is 13.8. The second-order valence-corrected chi connectivity index (χ2v) is 13.2. The van der Waals surface area contributed by atoms with Gasteiger partial charge < -0.3 is 5.73 Å². The van der Waals surface area contributed by atoms with Gasteiger partial charge in [-0.25, -0.2) is 0 Å². The fraction of sp³-hybridized carbons (Fsp3) is 0.115. The van der Waals surface area contributed by atoms with E-state index in [1.54, 1.807) is 0 Å². The van der Waals surface area contributed by atoms with Gasteiger partial charge in [-0.3, -0.25) is 0 Å². The Labute approximate surface area is 316 Å². The summed E-state index contributed by atoms with van der Waals surface area (Å²) < 4.78 is 0. The molecule has 0 heterocycles. The molecule has 0 fully saturated rings. The summed E-state index contributed by atoms with van der Waals surface area (Å²) >= 11 is 0. The van der Waals surface area contributed by atoms with Gasteiger partial charge in [0.1, 0.15) is 0 Å². The predicted octanol–water partition coefficient (Wildman–Crippen LogP) is 14.2. The average molecular weight is 688 g/mol. The molecule has 0 aliphatic heterocycles. The van der Waals surface area contributed by atoms with Crippen molar-refractivity contribution in [3.05, 3.63) is 209 Å². The Balaban J connectivity index is 1.27. The van der Waals surface area contributed by atoms with Crippen LogP contribution in [0.4, 0.5) is 0 Å². The topological polar surface area (TPSA) is 26.0 Å². The third-order valence-corrected chi connectivity index (χ3v) is 9.76. The molecule has 1 aliphatic rings. The Hall–Kier alpha value is -6.18. The number of nitrogens with two attached hydrogens (primary N) is 1. The van der Waals surface area contributed by atoms with E-state index in [2.05, 4.69) is 190 Å².